The Labute approximate surface area is 171 Å². The molecule has 0 saturated carbocycles. The van der Waals surface area contributed by atoms with Gasteiger partial charge in [-0.1, -0.05) is 42.5 Å². The number of nitrogens with zero attached hydrogens (tertiary/aromatic N) is 2. The molecule has 2 N–H and O–H groups in total. The lowest BCUT2D eigenvalue weighted by atomic mass is 9.76. The molecular formula is C21H28N2O4S. The molecule has 0 amide bonds. The summed E-state index contributed by atoms with van der Waals surface area (Å²) in [6.07, 6.45) is 0.0873. The molecule has 2 atom stereocenters. The highest BCUT2D eigenvalue weighted by Gasteiger charge is 2.45. The van der Waals surface area contributed by atoms with Gasteiger partial charge in [0.25, 0.3) is 0 Å². The Hall–Kier alpha value is -1.93. The fourth-order valence-corrected chi connectivity index (χ4v) is 5.38. The maximum atomic E-state index is 13.1. The zero-order valence-electron chi connectivity index (χ0n) is 18.8. The maximum absolute atomic E-state index is 13.1. The minimum atomic E-state index is -3.67. The number of hydrogen-bond acceptors (Lipinski definition) is 5. The Bertz CT molecular complexity index is 1000. The molecule has 2 aromatic rings. The van der Waals surface area contributed by atoms with Crippen molar-refractivity contribution in [3.05, 3.63) is 65.7 Å². The molecule has 152 valence electrons. The molecule has 0 bridgehead atoms. The molecule has 6 nitrogen and oxygen atoms in total. The lowest BCUT2D eigenvalue weighted by Crippen LogP contribution is -2.54. The number of benzene rings is 2. The summed E-state index contributed by atoms with van der Waals surface area (Å²) in [5.74, 6) is -0.896. The van der Waals surface area contributed by atoms with E-state index in [9.17, 15) is 18.6 Å². The van der Waals surface area contributed by atoms with Crippen LogP contribution in [0.25, 0.3) is 0 Å². The van der Waals surface area contributed by atoms with Crippen LogP contribution in [0.1, 0.15) is 21.7 Å². The van der Waals surface area contributed by atoms with E-state index in [1.807, 2.05) is 6.07 Å². The normalized spacial score (nSPS) is 25.8. The third kappa shape index (κ3) is 4.55. The van der Waals surface area contributed by atoms with Gasteiger partial charge in [-0.15, -0.1) is 0 Å². The maximum Gasteiger partial charge on any atom is 0.218 e. The summed E-state index contributed by atoms with van der Waals surface area (Å²) in [6, 6.07) is 15.0. The van der Waals surface area contributed by atoms with Crippen molar-refractivity contribution < 1.29 is 22.7 Å². The molecule has 0 aromatic heterocycles. The summed E-state index contributed by atoms with van der Waals surface area (Å²) in [5.41, 5.74) is -0.374. The van der Waals surface area contributed by atoms with E-state index in [4.69, 9.17) is 4.11 Å². The van der Waals surface area contributed by atoms with Crippen LogP contribution in [-0.2, 0) is 21.4 Å². The molecule has 2 aromatic carbocycles. The average molecular weight is 408 g/mol. The number of piperidine rings is 1. The molecule has 1 aliphatic rings. The van der Waals surface area contributed by atoms with E-state index >= 15 is 0 Å². The number of phenolic OH excluding ortho intramolecular Hbond substituents is 1. The zero-order valence-corrected chi connectivity index (χ0v) is 16.6. The van der Waals surface area contributed by atoms with Gasteiger partial charge in [0.15, 0.2) is 0 Å². The van der Waals surface area contributed by atoms with Crippen LogP contribution in [0.2, 0.25) is 0 Å². The number of sulfonamides is 1. The van der Waals surface area contributed by atoms with E-state index < -0.39 is 28.5 Å². The third-order valence-corrected chi connectivity index (χ3v) is 7.08. The summed E-state index contributed by atoms with van der Waals surface area (Å²) in [5, 5.41) is 21.5. The first kappa shape index (κ1) is 17.0. The highest BCUT2D eigenvalue weighted by molar-refractivity contribution is 7.88. The summed E-state index contributed by atoms with van der Waals surface area (Å²) >= 11 is 0. The van der Waals surface area contributed by atoms with Crippen molar-refractivity contribution in [1.29, 1.82) is 0 Å². The number of hydrogen-bond donors (Lipinski definition) is 2. The van der Waals surface area contributed by atoms with Crippen LogP contribution in [0.3, 0.4) is 0 Å². The summed E-state index contributed by atoms with van der Waals surface area (Å²) < 4.78 is 50.4. The van der Waals surface area contributed by atoms with Crippen molar-refractivity contribution in [2.24, 2.45) is 5.92 Å². The second kappa shape index (κ2) is 8.21. The van der Waals surface area contributed by atoms with Crippen molar-refractivity contribution in [2.75, 3.05) is 33.7 Å². The molecule has 0 radical (unpaired) electrons. The van der Waals surface area contributed by atoms with Gasteiger partial charge in [-0.25, -0.2) is 12.7 Å². The van der Waals surface area contributed by atoms with Crippen molar-refractivity contribution in [2.45, 2.75) is 17.8 Å². The summed E-state index contributed by atoms with van der Waals surface area (Å²) in [4.78, 5) is 1.14. The van der Waals surface area contributed by atoms with E-state index in [0.717, 1.165) is 4.90 Å². The van der Waals surface area contributed by atoms with E-state index in [1.165, 1.54) is 23.5 Å². The topological polar surface area (TPSA) is 81.1 Å². The quantitative estimate of drug-likeness (QED) is 0.765. The van der Waals surface area contributed by atoms with Crippen molar-refractivity contribution in [3.63, 3.8) is 0 Å². The molecule has 1 aliphatic heterocycles. The largest absolute Gasteiger partial charge is 0.508 e. The highest BCUT2D eigenvalue weighted by Crippen LogP contribution is 2.39. The summed E-state index contributed by atoms with van der Waals surface area (Å²) in [6.45, 7) is -2.36. The number of rotatable bonds is 6. The van der Waals surface area contributed by atoms with Gasteiger partial charge in [0, 0.05) is 29.7 Å². The van der Waals surface area contributed by atoms with Gasteiger partial charge in [0.2, 0.25) is 10.0 Å². The Kier molecular flexibility index (Phi) is 4.97. The molecule has 7 heteroatoms. The molecule has 3 rings (SSSR count). The number of phenols is 1. The fourth-order valence-electron chi connectivity index (χ4n) is 3.81. The Balaban J connectivity index is 1.90. The Morgan fingerprint density at radius 3 is 2.68 bits per heavy atom. The standard InChI is InChI=1S/C21H28N2O4S/c1-22(2)14-19-15-23(28(26,27)16-17-7-4-3-5-8-17)12-11-21(19,25)18-9-6-10-20(24)13-18/h3-10,13,19,24-25H,11-12,14-16H2,1-2H3/i1D3. The first-order valence-corrected chi connectivity index (χ1v) is 10.8. The SMILES string of the molecule is [2H]C([2H])([2H])N(C)CC1CN(S(=O)(=O)Cc2ccccc2)CCC1(O)c1cccc(O)c1. The van der Waals surface area contributed by atoms with E-state index in [-0.39, 0.29) is 37.6 Å². The molecule has 1 fully saturated rings. The fraction of sp³-hybridized carbons (Fsp3) is 0.429. The van der Waals surface area contributed by atoms with Gasteiger partial charge in [0.05, 0.1) is 11.4 Å². The van der Waals surface area contributed by atoms with Crippen LogP contribution in [0.5, 0.6) is 5.75 Å². The molecule has 0 spiro atoms. The third-order valence-electron chi connectivity index (χ3n) is 5.27. The molecule has 1 heterocycles. The lowest BCUT2D eigenvalue weighted by molar-refractivity contribution is -0.0699. The van der Waals surface area contributed by atoms with Gasteiger partial charge >= 0.3 is 0 Å². The molecule has 1 saturated heterocycles. The van der Waals surface area contributed by atoms with Crippen molar-refractivity contribution in [1.82, 2.24) is 9.21 Å². The predicted octanol–water partition coefficient (Wildman–Crippen LogP) is 1.99. The lowest BCUT2D eigenvalue weighted by Gasteiger charge is -2.45. The zero-order chi connectivity index (χ0) is 22.9. The average Bonchev–Trinajstić information content (AvgIpc) is 2.69. The van der Waals surface area contributed by atoms with Gasteiger partial charge < -0.3 is 15.1 Å². The van der Waals surface area contributed by atoms with Crippen LogP contribution in [0, 0.1) is 5.92 Å². The van der Waals surface area contributed by atoms with Crippen LogP contribution in [0.4, 0.5) is 0 Å². The summed E-state index contributed by atoms with van der Waals surface area (Å²) in [7, 11) is -2.24. The molecule has 2 unspecified atom stereocenters. The molecule has 0 aliphatic carbocycles. The van der Waals surface area contributed by atoms with E-state index in [0.29, 0.717) is 11.1 Å². The minimum Gasteiger partial charge on any atom is -0.508 e. The highest BCUT2D eigenvalue weighted by atomic mass is 32.2. The molecule has 28 heavy (non-hydrogen) atoms. The van der Waals surface area contributed by atoms with Crippen molar-refractivity contribution in [3.8, 4) is 5.75 Å². The minimum absolute atomic E-state index is 0.0204. The van der Waals surface area contributed by atoms with Crippen LogP contribution >= 0.6 is 0 Å². The first-order chi connectivity index (χ1) is 14.4. The van der Waals surface area contributed by atoms with Gasteiger partial charge in [-0.3, -0.25) is 0 Å². The number of aliphatic hydroxyl groups is 1. The monoisotopic (exact) mass is 407 g/mol. The van der Waals surface area contributed by atoms with Crippen molar-refractivity contribution >= 4 is 10.0 Å². The molecular weight excluding hydrogens is 376 g/mol. The Morgan fingerprint density at radius 1 is 1.25 bits per heavy atom. The van der Waals surface area contributed by atoms with E-state index in [1.54, 1.807) is 36.4 Å². The van der Waals surface area contributed by atoms with Gasteiger partial charge in [-0.05, 0) is 43.7 Å². The first-order valence-electron chi connectivity index (χ1n) is 10.7. The van der Waals surface area contributed by atoms with Crippen LogP contribution < -0.4 is 0 Å². The smallest absolute Gasteiger partial charge is 0.218 e. The van der Waals surface area contributed by atoms with Gasteiger partial charge in [-0.2, -0.15) is 0 Å². The predicted molar refractivity (Wildman–Crippen MR) is 109 cm³/mol. The van der Waals surface area contributed by atoms with Crippen LogP contribution in [-0.4, -0.2) is 61.5 Å². The van der Waals surface area contributed by atoms with Crippen LogP contribution in [0.15, 0.2) is 54.6 Å². The van der Waals surface area contributed by atoms with E-state index in [2.05, 4.69) is 0 Å². The number of aromatic hydroxyl groups is 1. The van der Waals surface area contributed by atoms with Gasteiger partial charge in [0.1, 0.15) is 5.75 Å². The second-order valence-corrected chi connectivity index (χ2v) is 9.37. The second-order valence-electron chi connectivity index (χ2n) is 7.40. The Morgan fingerprint density at radius 2 is 2.00 bits per heavy atom.